The molecule has 1 aliphatic rings. The summed E-state index contributed by atoms with van der Waals surface area (Å²) in [5.41, 5.74) is 1.54. The number of imidazole rings is 1. The summed E-state index contributed by atoms with van der Waals surface area (Å²) in [6, 6.07) is 27.8. The van der Waals surface area contributed by atoms with Gasteiger partial charge in [0.05, 0.1) is 24.9 Å². The number of rotatable bonds is 5. The molecular formula is C32H31Br2N4O2-. The molecule has 0 atom stereocenters. The van der Waals surface area contributed by atoms with Crippen molar-refractivity contribution in [2.45, 2.75) is 0 Å². The van der Waals surface area contributed by atoms with E-state index >= 15 is 0 Å². The minimum Gasteiger partial charge on any atom is -1.00 e. The Kier molecular flexibility index (Phi) is 11.7. The molecule has 0 amide bonds. The predicted octanol–water partition coefficient (Wildman–Crippen LogP) is 3.54. The maximum absolute atomic E-state index is 12.3. The Bertz CT molecular complexity index is 1580. The average Bonchev–Trinajstić information content (AvgIpc) is 3.63. The molecule has 6 nitrogen and oxygen atoms in total. The quantitative estimate of drug-likeness (QED) is 0.213. The lowest BCUT2D eigenvalue weighted by Gasteiger charge is -2.17. The molecule has 4 aromatic carbocycles. The first-order valence-electron chi connectivity index (χ1n) is 12.6. The van der Waals surface area contributed by atoms with Crippen molar-refractivity contribution in [3.63, 3.8) is 0 Å². The van der Waals surface area contributed by atoms with Crippen LogP contribution in [0, 0.1) is 0 Å². The maximum Gasteiger partial charge on any atom is 0.182 e. The zero-order chi connectivity index (χ0) is 27.6. The van der Waals surface area contributed by atoms with Crippen LogP contribution in [0.3, 0.4) is 0 Å². The fraction of sp³-hybridized carbons (Fsp3) is 0.156. The number of benzene rings is 4. The summed E-state index contributed by atoms with van der Waals surface area (Å²) in [4.78, 5) is 31.5. The second-order valence-electron chi connectivity index (χ2n) is 9.28. The van der Waals surface area contributed by atoms with E-state index in [1.54, 1.807) is 12.5 Å². The lowest BCUT2D eigenvalue weighted by atomic mass is 10.0. The van der Waals surface area contributed by atoms with Gasteiger partial charge in [-0.3, -0.25) is 9.59 Å². The molecule has 0 saturated heterocycles. The molecule has 0 saturated carbocycles. The Labute approximate surface area is 253 Å². The third-order valence-corrected chi connectivity index (χ3v) is 6.69. The molecule has 1 aromatic heterocycles. The van der Waals surface area contributed by atoms with Gasteiger partial charge in [0.1, 0.15) is 0 Å². The van der Waals surface area contributed by atoms with Crippen molar-refractivity contribution in [2.75, 3.05) is 25.6 Å². The topological polar surface area (TPSA) is 58.4 Å². The van der Waals surface area contributed by atoms with Crippen LogP contribution in [-0.2, 0) is 7.05 Å². The first kappa shape index (κ1) is 30.8. The highest BCUT2D eigenvalue weighted by Gasteiger charge is 2.14. The Morgan fingerprint density at radius 1 is 0.775 bits per heavy atom. The van der Waals surface area contributed by atoms with Gasteiger partial charge >= 0.3 is 0 Å². The van der Waals surface area contributed by atoms with Gasteiger partial charge in [0, 0.05) is 50.0 Å². The minimum absolute atomic E-state index is 0. The van der Waals surface area contributed by atoms with Crippen LogP contribution in [0.2, 0.25) is 0 Å². The van der Waals surface area contributed by atoms with E-state index < -0.39 is 0 Å². The van der Waals surface area contributed by atoms with Crippen molar-refractivity contribution in [3.8, 4) is 0 Å². The second-order valence-corrected chi connectivity index (χ2v) is 9.84. The Hall–Kier alpha value is -3.75. The van der Waals surface area contributed by atoms with E-state index in [2.05, 4.69) is 27.0 Å². The van der Waals surface area contributed by atoms with E-state index in [4.69, 9.17) is 0 Å². The summed E-state index contributed by atoms with van der Waals surface area (Å²) in [5.74, 6) is 0.279. The molecule has 0 aliphatic carbocycles. The minimum atomic E-state index is 0. The van der Waals surface area contributed by atoms with E-state index in [0.29, 0.717) is 11.9 Å². The monoisotopic (exact) mass is 661 g/mol. The van der Waals surface area contributed by atoms with Crippen LogP contribution >= 0.6 is 15.9 Å². The molecule has 0 radical (unpaired) electrons. The number of ketones is 2. The normalized spacial score (nSPS) is 11.8. The highest BCUT2D eigenvalue weighted by molar-refractivity contribution is 9.09. The number of halogens is 2. The highest BCUT2D eigenvalue weighted by Crippen LogP contribution is 2.17. The Morgan fingerprint density at radius 3 is 1.75 bits per heavy atom. The largest absolute Gasteiger partial charge is 1.00 e. The van der Waals surface area contributed by atoms with Gasteiger partial charge in [-0.25, -0.2) is 4.98 Å². The average molecular weight is 663 g/mol. The van der Waals surface area contributed by atoms with E-state index in [1.165, 1.54) is 10.8 Å². The first-order chi connectivity index (χ1) is 18.9. The molecule has 40 heavy (non-hydrogen) atoms. The van der Waals surface area contributed by atoms with E-state index in [0.717, 1.165) is 28.6 Å². The Balaban J connectivity index is 0.000000184. The summed E-state index contributed by atoms with van der Waals surface area (Å²) in [5, 5.41) is 4.94. The van der Waals surface area contributed by atoms with Gasteiger partial charge in [0.2, 0.25) is 0 Å². The molecule has 0 bridgehead atoms. The second kappa shape index (κ2) is 15.1. The van der Waals surface area contributed by atoms with Gasteiger partial charge in [-0.1, -0.05) is 88.7 Å². The summed E-state index contributed by atoms with van der Waals surface area (Å²) >= 11 is 3.17. The molecule has 8 heteroatoms. The van der Waals surface area contributed by atoms with Gasteiger partial charge in [-0.05, 0) is 33.7 Å². The maximum atomic E-state index is 12.3. The lowest BCUT2D eigenvalue weighted by molar-refractivity contribution is -0.0000233. The molecule has 2 heterocycles. The molecule has 5 aromatic rings. The summed E-state index contributed by atoms with van der Waals surface area (Å²) < 4.78 is 1.89. The van der Waals surface area contributed by atoms with Crippen molar-refractivity contribution in [3.05, 3.63) is 127 Å². The van der Waals surface area contributed by atoms with E-state index in [1.807, 2.05) is 126 Å². The lowest BCUT2D eigenvalue weighted by Crippen LogP contribution is -3.00. The van der Waals surface area contributed by atoms with Crippen LogP contribution in [-0.4, -0.2) is 56.5 Å². The van der Waals surface area contributed by atoms with Gasteiger partial charge in [0.15, 0.2) is 11.6 Å². The number of aryl methyl sites for hydroxylation is 1. The zero-order valence-corrected chi connectivity index (χ0v) is 25.6. The van der Waals surface area contributed by atoms with Crippen molar-refractivity contribution in [1.29, 1.82) is 0 Å². The fourth-order valence-corrected chi connectivity index (χ4v) is 4.42. The number of aromatic nitrogens is 2. The van der Waals surface area contributed by atoms with Crippen molar-refractivity contribution in [2.24, 2.45) is 7.05 Å². The molecule has 0 N–H and O–H groups in total. The van der Waals surface area contributed by atoms with Crippen molar-refractivity contribution in [1.82, 2.24) is 19.4 Å². The van der Waals surface area contributed by atoms with Gasteiger partial charge in [0.25, 0.3) is 0 Å². The number of hydrogen-bond donors (Lipinski definition) is 0. The SMILES string of the molecule is CN1C=CN(CC(=O)c2ccc3ccccc3c2)C1.Cn1ccnc1.O=C(CBr)c1ccc2ccccc2c1.[Br-]. The standard InChI is InChI=1S/C16H16N2O.C12H9BrO.C4H6N2.BrH/c1-17-8-9-18(12-17)11-16(19)15-7-6-13-4-2-3-5-14(13)10-15;13-8-12(14)11-6-5-9-3-1-2-4-10(9)7-11;1-6-3-2-5-4-6;/h2-10H,11-12H2,1H3;1-7H,8H2;2-4H,1H3;1H/p-1. The first-order valence-corrected chi connectivity index (χ1v) is 13.7. The summed E-state index contributed by atoms with van der Waals surface area (Å²) in [6.45, 7) is 1.21. The predicted molar refractivity (Wildman–Crippen MR) is 162 cm³/mol. The van der Waals surface area contributed by atoms with Crippen LogP contribution < -0.4 is 17.0 Å². The molecular weight excluding hydrogens is 632 g/mol. The molecule has 6 rings (SSSR count). The number of Topliss-reactive ketones (excluding diaryl/α,β-unsaturated/α-hetero) is 2. The molecule has 0 spiro atoms. The van der Waals surface area contributed by atoms with Crippen LogP contribution in [0.5, 0.6) is 0 Å². The van der Waals surface area contributed by atoms with Gasteiger partial charge < -0.3 is 31.3 Å². The van der Waals surface area contributed by atoms with Gasteiger partial charge in [-0.15, -0.1) is 0 Å². The Morgan fingerprint density at radius 2 is 1.32 bits per heavy atom. The van der Waals surface area contributed by atoms with Crippen molar-refractivity contribution < 1.29 is 26.6 Å². The summed E-state index contributed by atoms with van der Waals surface area (Å²) in [6.07, 6.45) is 9.33. The van der Waals surface area contributed by atoms with Crippen LogP contribution in [0.15, 0.2) is 116 Å². The third-order valence-electron chi connectivity index (χ3n) is 6.18. The van der Waals surface area contributed by atoms with E-state index in [-0.39, 0.29) is 28.5 Å². The molecule has 0 unspecified atom stereocenters. The molecule has 1 aliphatic heterocycles. The molecule has 206 valence electrons. The number of carbonyl (C=O) groups is 2. The van der Waals surface area contributed by atoms with Crippen molar-refractivity contribution >= 4 is 49.0 Å². The number of alkyl halides is 1. The number of fused-ring (bicyclic) bond motifs is 2. The summed E-state index contributed by atoms with van der Waals surface area (Å²) in [7, 11) is 3.93. The smallest absolute Gasteiger partial charge is 0.182 e. The van der Waals surface area contributed by atoms with Crippen LogP contribution in [0.4, 0.5) is 0 Å². The fourth-order valence-electron chi connectivity index (χ4n) is 4.10. The number of nitrogens with zero attached hydrogens (tertiary/aromatic N) is 4. The third kappa shape index (κ3) is 8.63. The molecule has 0 fully saturated rings. The van der Waals surface area contributed by atoms with Crippen LogP contribution in [0.1, 0.15) is 20.7 Å². The van der Waals surface area contributed by atoms with Crippen LogP contribution in [0.25, 0.3) is 21.5 Å². The number of hydrogen-bond acceptors (Lipinski definition) is 5. The van der Waals surface area contributed by atoms with Gasteiger partial charge in [-0.2, -0.15) is 0 Å². The van der Waals surface area contributed by atoms with E-state index in [9.17, 15) is 9.59 Å². The number of carbonyl (C=O) groups excluding carboxylic acids is 2. The zero-order valence-electron chi connectivity index (χ0n) is 22.5. The highest BCUT2D eigenvalue weighted by atomic mass is 79.9.